The summed E-state index contributed by atoms with van der Waals surface area (Å²) >= 11 is 0. The van der Waals surface area contributed by atoms with Gasteiger partial charge in [-0.25, -0.2) is 0 Å². The first-order valence-corrected chi connectivity index (χ1v) is 8.43. The smallest absolute Gasteiger partial charge is 0.271 e. The molecule has 6 nitrogen and oxygen atoms in total. The zero-order valence-electron chi connectivity index (χ0n) is 13.3. The van der Waals surface area contributed by atoms with Crippen molar-refractivity contribution in [3.05, 3.63) is 18.0 Å². The molecule has 1 aromatic heterocycles. The maximum absolute atomic E-state index is 12.2. The Bertz CT molecular complexity index is 488. The van der Waals surface area contributed by atoms with E-state index in [4.69, 9.17) is 4.74 Å². The second-order valence-electron chi connectivity index (χ2n) is 6.24. The van der Waals surface area contributed by atoms with Crippen LogP contribution in [0.1, 0.15) is 43.1 Å². The molecular weight excluding hydrogens is 280 g/mol. The Morgan fingerprint density at radius 2 is 2.23 bits per heavy atom. The Morgan fingerprint density at radius 1 is 1.41 bits per heavy atom. The van der Waals surface area contributed by atoms with E-state index in [-0.39, 0.29) is 11.9 Å². The van der Waals surface area contributed by atoms with Crippen LogP contribution in [0.4, 0.5) is 0 Å². The zero-order valence-corrected chi connectivity index (χ0v) is 13.3. The van der Waals surface area contributed by atoms with E-state index in [2.05, 4.69) is 15.3 Å². The van der Waals surface area contributed by atoms with Gasteiger partial charge in [-0.1, -0.05) is 0 Å². The summed E-state index contributed by atoms with van der Waals surface area (Å²) in [5.41, 5.74) is 0.517. The summed E-state index contributed by atoms with van der Waals surface area (Å²) < 4.78 is 7.47. The summed E-state index contributed by atoms with van der Waals surface area (Å²) in [6.07, 6.45) is 6.67. The van der Waals surface area contributed by atoms with Crippen LogP contribution in [0.5, 0.6) is 0 Å². The molecule has 3 rings (SSSR count). The van der Waals surface area contributed by atoms with Crippen molar-refractivity contribution in [1.82, 2.24) is 20.0 Å². The SMILES string of the molecule is CCn1ccc(C(=O)NC2CCN(CC3CCCO3)CC2)n1. The van der Waals surface area contributed by atoms with E-state index in [1.54, 1.807) is 10.7 Å². The second-order valence-corrected chi connectivity index (χ2v) is 6.24. The molecule has 1 N–H and O–H groups in total. The van der Waals surface area contributed by atoms with Crippen molar-refractivity contribution in [3.63, 3.8) is 0 Å². The first-order valence-electron chi connectivity index (χ1n) is 8.43. The number of aromatic nitrogens is 2. The molecule has 2 saturated heterocycles. The summed E-state index contributed by atoms with van der Waals surface area (Å²) in [7, 11) is 0. The quantitative estimate of drug-likeness (QED) is 0.890. The number of carbonyl (C=O) groups excluding carboxylic acids is 1. The van der Waals surface area contributed by atoms with Crippen molar-refractivity contribution in [1.29, 1.82) is 0 Å². The van der Waals surface area contributed by atoms with E-state index in [1.807, 2.05) is 13.1 Å². The molecule has 0 bridgehead atoms. The minimum atomic E-state index is -0.0511. The maximum Gasteiger partial charge on any atom is 0.271 e. The number of hydrogen-bond donors (Lipinski definition) is 1. The minimum Gasteiger partial charge on any atom is -0.377 e. The van der Waals surface area contributed by atoms with E-state index in [1.165, 1.54) is 12.8 Å². The third-order valence-electron chi connectivity index (χ3n) is 4.61. The highest BCUT2D eigenvalue weighted by Gasteiger charge is 2.25. The monoisotopic (exact) mass is 306 g/mol. The van der Waals surface area contributed by atoms with Gasteiger partial charge in [0, 0.05) is 45.0 Å². The molecular formula is C16H26N4O2. The molecule has 2 fully saturated rings. The number of likely N-dealkylation sites (tertiary alicyclic amines) is 1. The van der Waals surface area contributed by atoms with Crippen LogP contribution in [0.2, 0.25) is 0 Å². The Labute approximate surface area is 131 Å². The number of amides is 1. The van der Waals surface area contributed by atoms with E-state index < -0.39 is 0 Å². The Hall–Kier alpha value is -1.40. The van der Waals surface area contributed by atoms with E-state index in [0.717, 1.165) is 45.6 Å². The third-order valence-corrected chi connectivity index (χ3v) is 4.61. The van der Waals surface area contributed by atoms with Gasteiger partial charge in [-0.05, 0) is 38.7 Å². The lowest BCUT2D eigenvalue weighted by Gasteiger charge is -2.33. The van der Waals surface area contributed by atoms with Gasteiger partial charge in [0.15, 0.2) is 0 Å². The molecule has 122 valence electrons. The molecule has 0 aromatic carbocycles. The fourth-order valence-electron chi connectivity index (χ4n) is 3.25. The number of nitrogens with zero attached hydrogens (tertiary/aromatic N) is 3. The van der Waals surface area contributed by atoms with Gasteiger partial charge in [0.25, 0.3) is 5.91 Å². The van der Waals surface area contributed by atoms with Crippen LogP contribution in [0.3, 0.4) is 0 Å². The lowest BCUT2D eigenvalue weighted by molar-refractivity contribution is 0.0612. The third kappa shape index (κ3) is 3.87. The molecule has 22 heavy (non-hydrogen) atoms. The Morgan fingerprint density at radius 3 is 2.86 bits per heavy atom. The molecule has 1 unspecified atom stereocenters. The molecule has 2 aliphatic heterocycles. The first-order chi connectivity index (χ1) is 10.7. The van der Waals surface area contributed by atoms with Gasteiger partial charge < -0.3 is 15.0 Å². The Balaban J connectivity index is 1.42. The van der Waals surface area contributed by atoms with Gasteiger partial charge in [0.05, 0.1) is 6.10 Å². The van der Waals surface area contributed by atoms with Crippen molar-refractivity contribution in [2.75, 3.05) is 26.2 Å². The summed E-state index contributed by atoms with van der Waals surface area (Å²) in [6.45, 7) is 6.83. The summed E-state index contributed by atoms with van der Waals surface area (Å²) in [6, 6.07) is 2.05. The van der Waals surface area contributed by atoms with E-state index >= 15 is 0 Å². The fraction of sp³-hybridized carbons (Fsp3) is 0.750. The van der Waals surface area contributed by atoms with Crippen molar-refractivity contribution in [2.24, 2.45) is 0 Å². The minimum absolute atomic E-state index is 0.0511. The summed E-state index contributed by atoms with van der Waals surface area (Å²) in [5.74, 6) is -0.0511. The largest absolute Gasteiger partial charge is 0.377 e. The van der Waals surface area contributed by atoms with Crippen LogP contribution in [-0.2, 0) is 11.3 Å². The predicted molar refractivity (Wildman–Crippen MR) is 83.8 cm³/mol. The van der Waals surface area contributed by atoms with Crippen LogP contribution in [0.25, 0.3) is 0 Å². The molecule has 2 aliphatic rings. The number of piperidine rings is 1. The number of carbonyl (C=O) groups is 1. The topological polar surface area (TPSA) is 59.4 Å². The van der Waals surface area contributed by atoms with Crippen LogP contribution in [-0.4, -0.2) is 59.0 Å². The number of hydrogen-bond acceptors (Lipinski definition) is 4. The highest BCUT2D eigenvalue weighted by molar-refractivity contribution is 5.92. The van der Waals surface area contributed by atoms with Gasteiger partial charge in [0.2, 0.25) is 0 Å². The zero-order chi connectivity index (χ0) is 15.4. The van der Waals surface area contributed by atoms with Crippen LogP contribution in [0.15, 0.2) is 12.3 Å². The van der Waals surface area contributed by atoms with Crippen LogP contribution >= 0.6 is 0 Å². The van der Waals surface area contributed by atoms with Crippen molar-refractivity contribution < 1.29 is 9.53 Å². The molecule has 1 aromatic rings. The maximum atomic E-state index is 12.2. The van der Waals surface area contributed by atoms with Gasteiger partial charge in [0.1, 0.15) is 5.69 Å². The summed E-state index contributed by atoms with van der Waals surface area (Å²) in [5, 5.41) is 7.37. The van der Waals surface area contributed by atoms with Gasteiger partial charge >= 0.3 is 0 Å². The summed E-state index contributed by atoms with van der Waals surface area (Å²) in [4.78, 5) is 14.6. The average molecular weight is 306 g/mol. The fourth-order valence-corrected chi connectivity index (χ4v) is 3.25. The molecule has 3 heterocycles. The predicted octanol–water partition coefficient (Wildman–Crippen LogP) is 1.28. The lowest BCUT2D eigenvalue weighted by atomic mass is 10.0. The van der Waals surface area contributed by atoms with Gasteiger partial charge in [-0.3, -0.25) is 9.48 Å². The number of nitrogens with one attached hydrogen (secondary N) is 1. The average Bonchev–Trinajstić information content (AvgIpc) is 3.20. The van der Waals surface area contributed by atoms with Crippen molar-refractivity contribution in [3.8, 4) is 0 Å². The van der Waals surface area contributed by atoms with E-state index in [9.17, 15) is 4.79 Å². The molecule has 0 radical (unpaired) electrons. The number of rotatable bonds is 5. The molecule has 0 saturated carbocycles. The second kappa shape index (κ2) is 7.24. The standard InChI is InChI=1S/C16H26N4O2/c1-2-20-10-7-15(18-20)16(21)17-13-5-8-19(9-6-13)12-14-4-3-11-22-14/h7,10,13-14H,2-6,8-9,11-12H2,1H3,(H,17,21). The van der Waals surface area contributed by atoms with E-state index in [0.29, 0.717) is 11.8 Å². The first kappa shape index (κ1) is 15.5. The molecule has 0 spiro atoms. The molecule has 6 heteroatoms. The van der Waals surface area contributed by atoms with Crippen molar-refractivity contribution in [2.45, 2.75) is 51.3 Å². The normalized spacial score (nSPS) is 23.8. The number of ether oxygens (including phenoxy) is 1. The van der Waals surface area contributed by atoms with Gasteiger partial charge in [-0.15, -0.1) is 0 Å². The highest BCUT2D eigenvalue weighted by atomic mass is 16.5. The lowest BCUT2D eigenvalue weighted by Crippen LogP contribution is -2.46. The van der Waals surface area contributed by atoms with Gasteiger partial charge in [-0.2, -0.15) is 5.10 Å². The van der Waals surface area contributed by atoms with Crippen molar-refractivity contribution >= 4 is 5.91 Å². The number of aryl methyl sites for hydroxylation is 1. The molecule has 1 amide bonds. The van der Waals surface area contributed by atoms with Crippen LogP contribution in [0, 0.1) is 0 Å². The molecule has 0 aliphatic carbocycles. The molecule has 1 atom stereocenters. The van der Waals surface area contributed by atoms with Crippen LogP contribution < -0.4 is 5.32 Å². The highest BCUT2D eigenvalue weighted by Crippen LogP contribution is 2.17. The Kier molecular flexibility index (Phi) is 5.10.